The lowest BCUT2D eigenvalue weighted by Gasteiger charge is -2.42. The molecule has 3 heteroatoms. The van der Waals surface area contributed by atoms with E-state index in [0.29, 0.717) is 11.5 Å². The van der Waals surface area contributed by atoms with Gasteiger partial charge in [-0.2, -0.15) is 0 Å². The minimum Gasteiger partial charge on any atom is -0.497 e. The zero-order valence-electron chi connectivity index (χ0n) is 12.8. The summed E-state index contributed by atoms with van der Waals surface area (Å²) >= 11 is 6.50. The maximum atomic E-state index is 6.50. The van der Waals surface area contributed by atoms with Crippen LogP contribution in [0.4, 0.5) is 0 Å². The third-order valence-corrected chi connectivity index (χ3v) is 4.95. The van der Waals surface area contributed by atoms with Crippen LogP contribution >= 0.6 is 11.6 Å². The van der Waals surface area contributed by atoms with Crippen molar-refractivity contribution in [3.63, 3.8) is 0 Å². The molecular formula is C17H26ClNO. The fourth-order valence-electron chi connectivity index (χ4n) is 3.45. The van der Waals surface area contributed by atoms with E-state index in [1.54, 1.807) is 7.11 Å². The normalized spacial score (nSPS) is 19.6. The fourth-order valence-corrected chi connectivity index (χ4v) is 3.73. The van der Waals surface area contributed by atoms with Crippen molar-refractivity contribution >= 4 is 11.6 Å². The second kappa shape index (κ2) is 6.82. The van der Waals surface area contributed by atoms with Crippen LogP contribution in [-0.2, 0) is 0 Å². The van der Waals surface area contributed by atoms with Gasteiger partial charge in [0, 0.05) is 11.1 Å². The summed E-state index contributed by atoms with van der Waals surface area (Å²) in [5.74, 6) is 0.822. The van der Waals surface area contributed by atoms with Crippen LogP contribution in [0.1, 0.15) is 57.6 Å². The predicted molar refractivity (Wildman–Crippen MR) is 85.6 cm³/mol. The minimum absolute atomic E-state index is 0.298. The monoisotopic (exact) mass is 295 g/mol. The average Bonchev–Trinajstić information content (AvgIpc) is 2.46. The van der Waals surface area contributed by atoms with Gasteiger partial charge in [0.05, 0.1) is 7.11 Å². The lowest BCUT2D eigenvalue weighted by molar-refractivity contribution is 0.146. The first-order valence-corrected chi connectivity index (χ1v) is 8.05. The third kappa shape index (κ3) is 3.29. The molecule has 1 aliphatic carbocycles. The van der Waals surface area contributed by atoms with E-state index >= 15 is 0 Å². The first-order valence-electron chi connectivity index (χ1n) is 7.67. The van der Waals surface area contributed by atoms with Crippen molar-refractivity contribution in [2.24, 2.45) is 5.41 Å². The van der Waals surface area contributed by atoms with Crippen molar-refractivity contribution in [1.29, 1.82) is 0 Å². The van der Waals surface area contributed by atoms with Gasteiger partial charge in [0.2, 0.25) is 0 Å². The largest absolute Gasteiger partial charge is 0.497 e. The Kier molecular flexibility index (Phi) is 5.34. The summed E-state index contributed by atoms with van der Waals surface area (Å²) in [6.45, 7) is 5.53. The van der Waals surface area contributed by atoms with E-state index in [9.17, 15) is 0 Å². The number of ether oxygens (including phenoxy) is 1. The Hall–Kier alpha value is -0.730. The summed E-state index contributed by atoms with van der Waals surface area (Å²) in [5.41, 5.74) is 1.51. The lowest BCUT2D eigenvalue weighted by atomic mass is 9.68. The maximum Gasteiger partial charge on any atom is 0.120 e. The Morgan fingerprint density at radius 3 is 2.55 bits per heavy atom. The predicted octanol–water partition coefficient (Wildman–Crippen LogP) is 4.97. The molecule has 0 radical (unpaired) electrons. The Labute approximate surface area is 127 Å². The highest BCUT2D eigenvalue weighted by molar-refractivity contribution is 6.31. The second-order valence-corrected chi connectivity index (χ2v) is 6.50. The molecule has 0 bridgehead atoms. The molecule has 1 atom stereocenters. The number of rotatable bonds is 5. The topological polar surface area (TPSA) is 21.3 Å². The van der Waals surface area contributed by atoms with Gasteiger partial charge in [0.25, 0.3) is 0 Å². The van der Waals surface area contributed by atoms with Crippen LogP contribution in [-0.4, -0.2) is 13.7 Å². The van der Waals surface area contributed by atoms with E-state index in [-0.39, 0.29) is 0 Å². The maximum absolute atomic E-state index is 6.50. The highest BCUT2D eigenvalue weighted by atomic mass is 35.5. The van der Waals surface area contributed by atoms with Gasteiger partial charge in [-0.15, -0.1) is 0 Å². The van der Waals surface area contributed by atoms with Gasteiger partial charge in [-0.3, -0.25) is 0 Å². The van der Waals surface area contributed by atoms with E-state index < -0.39 is 0 Å². The van der Waals surface area contributed by atoms with Gasteiger partial charge in [-0.05, 0) is 42.5 Å². The SMILES string of the molecule is CCNC(c1ccc(OC)cc1Cl)C1(C)CCCCC1. The number of hydrogen-bond donors (Lipinski definition) is 1. The van der Waals surface area contributed by atoms with Crippen molar-refractivity contribution in [3.8, 4) is 5.75 Å². The Morgan fingerprint density at radius 1 is 1.30 bits per heavy atom. The Morgan fingerprint density at radius 2 is 2.00 bits per heavy atom. The Balaban J connectivity index is 2.32. The number of nitrogens with one attached hydrogen (secondary N) is 1. The molecular weight excluding hydrogens is 270 g/mol. The highest BCUT2D eigenvalue weighted by Crippen LogP contribution is 2.47. The van der Waals surface area contributed by atoms with Gasteiger partial charge in [-0.1, -0.05) is 50.8 Å². The van der Waals surface area contributed by atoms with Crippen LogP contribution in [0.25, 0.3) is 0 Å². The van der Waals surface area contributed by atoms with Gasteiger partial charge in [-0.25, -0.2) is 0 Å². The molecule has 0 aliphatic heterocycles. The van der Waals surface area contributed by atoms with Crippen LogP contribution < -0.4 is 10.1 Å². The molecule has 1 unspecified atom stereocenters. The van der Waals surface area contributed by atoms with Gasteiger partial charge in [0.1, 0.15) is 5.75 Å². The number of halogens is 1. The van der Waals surface area contributed by atoms with Crippen LogP contribution in [0.2, 0.25) is 5.02 Å². The first kappa shape index (κ1) is 15.7. The quantitative estimate of drug-likeness (QED) is 0.828. The summed E-state index contributed by atoms with van der Waals surface area (Å²) in [7, 11) is 1.68. The Bertz CT molecular complexity index is 441. The molecule has 112 valence electrons. The molecule has 0 amide bonds. The molecule has 1 N–H and O–H groups in total. The standard InChI is InChI=1S/C17H26ClNO/c1-4-19-16(17(2)10-6-5-7-11-17)14-9-8-13(20-3)12-15(14)18/h8-9,12,16,19H,4-7,10-11H2,1-3H3. The average molecular weight is 296 g/mol. The van der Waals surface area contributed by atoms with E-state index in [0.717, 1.165) is 17.3 Å². The molecule has 1 aromatic rings. The van der Waals surface area contributed by atoms with Crippen molar-refractivity contribution in [2.45, 2.75) is 52.0 Å². The number of hydrogen-bond acceptors (Lipinski definition) is 2. The van der Waals surface area contributed by atoms with E-state index in [1.807, 2.05) is 12.1 Å². The molecule has 20 heavy (non-hydrogen) atoms. The summed E-state index contributed by atoms with van der Waals surface area (Å²) < 4.78 is 5.26. The highest BCUT2D eigenvalue weighted by Gasteiger charge is 2.36. The summed E-state index contributed by atoms with van der Waals surface area (Å²) in [4.78, 5) is 0. The molecule has 0 spiro atoms. The van der Waals surface area contributed by atoms with Gasteiger partial charge < -0.3 is 10.1 Å². The molecule has 1 aromatic carbocycles. The lowest BCUT2D eigenvalue weighted by Crippen LogP contribution is -2.37. The van der Waals surface area contributed by atoms with E-state index in [4.69, 9.17) is 16.3 Å². The zero-order valence-corrected chi connectivity index (χ0v) is 13.6. The second-order valence-electron chi connectivity index (χ2n) is 6.09. The summed E-state index contributed by atoms with van der Waals surface area (Å²) in [5, 5.41) is 4.47. The minimum atomic E-state index is 0.298. The summed E-state index contributed by atoms with van der Waals surface area (Å²) in [6.07, 6.45) is 6.56. The van der Waals surface area contributed by atoms with Crippen molar-refractivity contribution in [1.82, 2.24) is 5.32 Å². The number of methoxy groups -OCH3 is 1. The van der Waals surface area contributed by atoms with Crippen molar-refractivity contribution < 1.29 is 4.74 Å². The smallest absolute Gasteiger partial charge is 0.120 e. The molecule has 0 saturated heterocycles. The van der Waals surface area contributed by atoms with Crippen LogP contribution in [0, 0.1) is 5.41 Å². The molecule has 0 aromatic heterocycles. The van der Waals surface area contributed by atoms with Gasteiger partial charge in [0.15, 0.2) is 0 Å². The van der Waals surface area contributed by atoms with Crippen LogP contribution in [0.3, 0.4) is 0 Å². The zero-order chi connectivity index (χ0) is 14.6. The first-order chi connectivity index (χ1) is 9.60. The number of benzene rings is 1. The third-order valence-electron chi connectivity index (χ3n) is 4.62. The molecule has 2 rings (SSSR count). The molecule has 1 fully saturated rings. The molecule has 2 nitrogen and oxygen atoms in total. The van der Waals surface area contributed by atoms with Crippen molar-refractivity contribution in [2.75, 3.05) is 13.7 Å². The van der Waals surface area contributed by atoms with E-state index in [2.05, 4.69) is 25.2 Å². The van der Waals surface area contributed by atoms with Crippen LogP contribution in [0.15, 0.2) is 18.2 Å². The van der Waals surface area contributed by atoms with Gasteiger partial charge >= 0.3 is 0 Å². The molecule has 0 heterocycles. The van der Waals surface area contributed by atoms with E-state index in [1.165, 1.54) is 37.7 Å². The molecule has 1 aliphatic rings. The fraction of sp³-hybridized carbons (Fsp3) is 0.647. The summed E-state index contributed by atoms with van der Waals surface area (Å²) in [6, 6.07) is 6.38. The van der Waals surface area contributed by atoms with Crippen molar-refractivity contribution in [3.05, 3.63) is 28.8 Å². The van der Waals surface area contributed by atoms with Crippen LogP contribution in [0.5, 0.6) is 5.75 Å². The molecule has 1 saturated carbocycles.